The van der Waals surface area contributed by atoms with Crippen molar-refractivity contribution >= 4 is 44.8 Å². The van der Waals surface area contributed by atoms with E-state index in [-0.39, 0.29) is 34.1 Å². The fourth-order valence-electron chi connectivity index (χ4n) is 2.89. The minimum absolute atomic E-state index is 0.113. The molecule has 29 heavy (non-hydrogen) atoms. The zero-order chi connectivity index (χ0) is 21.8. The molecule has 3 N–H and O–H groups in total. The molecule has 2 aromatic rings. The van der Waals surface area contributed by atoms with E-state index < -0.39 is 27.9 Å². The van der Waals surface area contributed by atoms with E-state index in [0.717, 1.165) is 10.6 Å². The number of halogens is 1. The van der Waals surface area contributed by atoms with E-state index in [2.05, 4.69) is 5.32 Å². The van der Waals surface area contributed by atoms with Crippen LogP contribution < -0.4 is 20.1 Å². The van der Waals surface area contributed by atoms with Gasteiger partial charge in [0.25, 0.3) is 5.91 Å². The predicted octanol–water partition coefficient (Wildman–Crippen LogP) is 2.63. The number of rotatable bonds is 8. The number of nitrogens with zero attached hydrogens (tertiary/aromatic N) is 1. The van der Waals surface area contributed by atoms with Gasteiger partial charge in [0.05, 0.1) is 30.3 Å². The number of nitrogens with two attached hydrogens (primary N) is 1. The number of para-hydroxylation sites is 1. The quantitative estimate of drug-likeness (QED) is 0.655. The molecule has 0 bridgehead atoms. The van der Waals surface area contributed by atoms with Crippen molar-refractivity contribution in [3.05, 3.63) is 53.1 Å². The molecule has 10 heteroatoms. The Morgan fingerprint density at radius 3 is 2.45 bits per heavy atom. The number of amides is 2. The number of nitrogens with one attached hydrogen (secondary N) is 1. The van der Waals surface area contributed by atoms with Crippen molar-refractivity contribution in [2.75, 3.05) is 23.0 Å². The normalized spacial score (nSPS) is 12.1. The minimum atomic E-state index is -3.90. The molecular formula is C19H22ClN3O5S. The third-order valence-corrected chi connectivity index (χ3v) is 5.56. The van der Waals surface area contributed by atoms with E-state index in [4.69, 9.17) is 22.1 Å². The average Bonchev–Trinajstić information content (AvgIpc) is 2.65. The van der Waals surface area contributed by atoms with Gasteiger partial charge in [0, 0.05) is 5.02 Å². The molecule has 0 aromatic heterocycles. The summed E-state index contributed by atoms with van der Waals surface area (Å²) in [6.45, 7) is 1.67. The van der Waals surface area contributed by atoms with Crippen LogP contribution in [0.25, 0.3) is 0 Å². The number of methoxy groups -OCH3 is 1. The molecule has 0 saturated carbocycles. The Morgan fingerprint density at radius 2 is 1.90 bits per heavy atom. The van der Waals surface area contributed by atoms with Crippen molar-refractivity contribution < 1.29 is 22.7 Å². The third kappa shape index (κ3) is 5.18. The molecule has 0 fully saturated rings. The lowest BCUT2D eigenvalue weighted by molar-refractivity contribution is -0.117. The lowest BCUT2D eigenvalue weighted by Crippen LogP contribution is -2.47. The number of carbonyl (C=O) groups is 2. The van der Waals surface area contributed by atoms with E-state index in [1.54, 1.807) is 25.1 Å². The third-order valence-electron chi connectivity index (χ3n) is 4.16. The first-order valence-corrected chi connectivity index (χ1v) is 10.8. The van der Waals surface area contributed by atoms with Crippen LogP contribution in [0.2, 0.25) is 5.02 Å². The standard InChI is InChI=1S/C19H22ClN3O5S/c1-4-15(19(25)22-14-8-6-5-7-13(14)18(21)24)23(29(3,26)27)16-11-12(20)9-10-17(16)28-2/h5-11,15H,4H2,1-3H3,(H2,21,24)(H,22,25)/t15-/m0/s1. The Bertz CT molecular complexity index is 1030. The summed E-state index contributed by atoms with van der Waals surface area (Å²) in [7, 11) is -2.51. The van der Waals surface area contributed by atoms with Gasteiger partial charge in [-0.3, -0.25) is 13.9 Å². The molecule has 0 saturated heterocycles. The zero-order valence-electron chi connectivity index (χ0n) is 16.2. The van der Waals surface area contributed by atoms with Crippen LogP contribution in [-0.2, 0) is 14.8 Å². The molecule has 0 spiro atoms. The zero-order valence-corrected chi connectivity index (χ0v) is 17.8. The number of hydrogen-bond donors (Lipinski definition) is 2. The number of benzene rings is 2. The largest absolute Gasteiger partial charge is 0.495 e. The SMILES string of the molecule is CC[C@@H](C(=O)Nc1ccccc1C(N)=O)N(c1cc(Cl)ccc1OC)S(C)(=O)=O. The molecule has 2 amide bonds. The van der Waals surface area contributed by atoms with Gasteiger partial charge in [0.2, 0.25) is 15.9 Å². The van der Waals surface area contributed by atoms with Gasteiger partial charge < -0.3 is 15.8 Å². The summed E-state index contributed by atoms with van der Waals surface area (Å²) in [6, 6.07) is 9.55. The topological polar surface area (TPSA) is 119 Å². The second kappa shape index (κ2) is 9.15. The highest BCUT2D eigenvalue weighted by Crippen LogP contribution is 2.35. The van der Waals surface area contributed by atoms with E-state index in [0.29, 0.717) is 0 Å². The summed E-state index contributed by atoms with van der Waals surface area (Å²) < 4.78 is 31.5. The maximum Gasteiger partial charge on any atom is 0.250 e. The number of primary amides is 1. The molecule has 0 aliphatic rings. The first-order chi connectivity index (χ1) is 13.6. The van der Waals surface area contributed by atoms with E-state index >= 15 is 0 Å². The number of anilines is 2. The number of carbonyl (C=O) groups excluding carboxylic acids is 2. The molecule has 2 rings (SSSR count). The minimum Gasteiger partial charge on any atom is -0.495 e. The van der Waals surface area contributed by atoms with Crippen molar-refractivity contribution in [1.29, 1.82) is 0 Å². The summed E-state index contributed by atoms with van der Waals surface area (Å²) >= 11 is 6.05. The van der Waals surface area contributed by atoms with Gasteiger partial charge in [0.1, 0.15) is 11.8 Å². The summed E-state index contributed by atoms with van der Waals surface area (Å²) in [5.74, 6) is -1.11. The highest BCUT2D eigenvalue weighted by Gasteiger charge is 2.34. The Balaban J connectivity index is 2.52. The van der Waals surface area contributed by atoms with Crippen molar-refractivity contribution in [3.8, 4) is 5.75 Å². The Hall–Kier alpha value is -2.78. The number of ether oxygens (including phenoxy) is 1. The molecule has 0 radical (unpaired) electrons. The van der Waals surface area contributed by atoms with Crippen LogP contribution in [0.4, 0.5) is 11.4 Å². The maximum absolute atomic E-state index is 13.0. The van der Waals surface area contributed by atoms with Gasteiger partial charge in [-0.2, -0.15) is 0 Å². The van der Waals surface area contributed by atoms with E-state index in [1.807, 2.05) is 0 Å². The van der Waals surface area contributed by atoms with E-state index in [9.17, 15) is 18.0 Å². The summed E-state index contributed by atoms with van der Waals surface area (Å²) in [4.78, 5) is 24.6. The molecule has 156 valence electrons. The molecule has 0 heterocycles. The molecule has 0 unspecified atom stereocenters. The maximum atomic E-state index is 13.0. The van der Waals surface area contributed by atoms with Gasteiger partial charge >= 0.3 is 0 Å². The van der Waals surface area contributed by atoms with Crippen molar-refractivity contribution in [2.45, 2.75) is 19.4 Å². The summed E-state index contributed by atoms with van der Waals surface area (Å²) in [6.07, 6.45) is 1.13. The van der Waals surface area contributed by atoms with Crippen LogP contribution in [0, 0.1) is 0 Å². The first kappa shape index (κ1) is 22.5. The predicted molar refractivity (Wildman–Crippen MR) is 113 cm³/mol. The van der Waals surface area contributed by atoms with Crippen molar-refractivity contribution in [1.82, 2.24) is 0 Å². The van der Waals surface area contributed by atoms with Crippen LogP contribution in [0.5, 0.6) is 5.75 Å². The Kier molecular flexibility index (Phi) is 7.10. The van der Waals surface area contributed by atoms with Gasteiger partial charge in [-0.05, 0) is 36.8 Å². The Labute approximate surface area is 174 Å². The lowest BCUT2D eigenvalue weighted by atomic mass is 10.1. The molecule has 0 aliphatic heterocycles. The second-order valence-electron chi connectivity index (χ2n) is 6.20. The lowest BCUT2D eigenvalue weighted by Gasteiger charge is -2.31. The van der Waals surface area contributed by atoms with Gasteiger partial charge in [-0.1, -0.05) is 30.7 Å². The number of hydrogen-bond acceptors (Lipinski definition) is 5. The van der Waals surface area contributed by atoms with Gasteiger partial charge in [-0.15, -0.1) is 0 Å². The summed E-state index contributed by atoms with van der Waals surface area (Å²) in [5, 5.41) is 2.88. The van der Waals surface area contributed by atoms with Gasteiger partial charge in [0.15, 0.2) is 0 Å². The fraction of sp³-hybridized carbons (Fsp3) is 0.263. The monoisotopic (exact) mass is 439 g/mol. The summed E-state index contributed by atoms with van der Waals surface area (Å²) in [5.41, 5.74) is 5.78. The molecule has 8 nitrogen and oxygen atoms in total. The fourth-order valence-corrected chi connectivity index (χ4v) is 4.27. The van der Waals surface area contributed by atoms with Crippen molar-refractivity contribution in [2.24, 2.45) is 5.73 Å². The molecule has 1 atom stereocenters. The molecule has 0 aliphatic carbocycles. The highest BCUT2D eigenvalue weighted by atomic mass is 35.5. The van der Waals surface area contributed by atoms with Crippen LogP contribution in [0.1, 0.15) is 23.7 Å². The van der Waals surface area contributed by atoms with E-state index in [1.165, 1.54) is 31.4 Å². The Morgan fingerprint density at radius 1 is 1.24 bits per heavy atom. The van der Waals surface area contributed by atoms with Crippen LogP contribution in [0.15, 0.2) is 42.5 Å². The van der Waals surface area contributed by atoms with Crippen LogP contribution in [0.3, 0.4) is 0 Å². The van der Waals surface area contributed by atoms with Crippen LogP contribution in [-0.4, -0.2) is 39.6 Å². The smallest absolute Gasteiger partial charge is 0.250 e. The van der Waals surface area contributed by atoms with Crippen LogP contribution >= 0.6 is 11.6 Å². The second-order valence-corrected chi connectivity index (χ2v) is 8.49. The molecule has 2 aromatic carbocycles. The molecular weight excluding hydrogens is 418 g/mol. The number of sulfonamides is 1. The average molecular weight is 440 g/mol. The van der Waals surface area contributed by atoms with Gasteiger partial charge in [-0.25, -0.2) is 8.42 Å². The first-order valence-electron chi connectivity index (χ1n) is 8.62. The highest BCUT2D eigenvalue weighted by molar-refractivity contribution is 7.92. The van der Waals surface area contributed by atoms with Crippen molar-refractivity contribution in [3.63, 3.8) is 0 Å².